The second-order valence-corrected chi connectivity index (χ2v) is 5.06. The van der Waals surface area contributed by atoms with E-state index in [9.17, 15) is 0 Å². The number of aryl methyl sites for hydroxylation is 1. The van der Waals surface area contributed by atoms with E-state index in [-0.39, 0.29) is 0 Å². The lowest BCUT2D eigenvalue weighted by molar-refractivity contribution is 0.247. The van der Waals surface area contributed by atoms with E-state index in [0.29, 0.717) is 17.7 Å². The number of nitriles is 1. The Morgan fingerprint density at radius 3 is 3.00 bits per heavy atom. The van der Waals surface area contributed by atoms with E-state index < -0.39 is 0 Å². The van der Waals surface area contributed by atoms with Gasteiger partial charge in [-0.15, -0.1) is 0 Å². The van der Waals surface area contributed by atoms with Crippen LogP contribution in [-0.4, -0.2) is 48.1 Å². The van der Waals surface area contributed by atoms with Gasteiger partial charge in [-0.25, -0.2) is 9.97 Å². The topological polar surface area (TPSA) is 68.1 Å². The van der Waals surface area contributed by atoms with Crippen LogP contribution in [0.2, 0.25) is 0 Å². The first-order valence-corrected chi connectivity index (χ1v) is 6.52. The molecule has 6 heteroatoms. The van der Waals surface area contributed by atoms with E-state index in [2.05, 4.69) is 39.2 Å². The zero-order valence-corrected chi connectivity index (χ0v) is 11.7. The van der Waals surface area contributed by atoms with Crippen molar-refractivity contribution in [2.75, 3.05) is 37.4 Å². The van der Waals surface area contributed by atoms with Gasteiger partial charge in [-0.2, -0.15) is 5.26 Å². The van der Waals surface area contributed by atoms with Crippen LogP contribution in [0.5, 0.6) is 0 Å². The number of likely N-dealkylation sites (tertiary alicyclic amines) is 1. The van der Waals surface area contributed by atoms with Gasteiger partial charge in [0.25, 0.3) is 0 Å². The van der Waals surface area contributed by atoms with Crippen molar-refractivity contribution in [1.29, 1.82) is 5.26 Å². The Hall–Kier alpha value is -1.87. The van der Waals surface area contributed by atoms with Gasteiger partial charge in [0.1, 0.15) is 17.5 Å². The molecule has 1 fully saturated rings. The average Bonchev–Trinajstić information content (AvgIpc) is 2.37. The van der Waals surface area contributed by atoms with Crippen LogP contribution in [0.3, 0.4) is 0 Å². The molecule has 1 aromatic heterocycles. The molecule has 0 radical (unpaired) electrons. The quantitative estimate of drug-likeness (QED) is 0.651. The molecule has 1 unspecified atom stereocenters. The lowest BCUT2D eigenvalue weighted by Gasteiger charge is -2.36. The number of hydrogen-bond acceptors (Lipinski definition) is 6. The summed E-state index contributed by atoms with van der Waals surface area (Å²) in [7, 11) is 4.20. The van der Waals surface area contributed by atoms with Crippen molar-refractivity contribution in [2.24, 2.45) is 0 Å². The molecule has 6 nitrogen and oxygen atoms in total. The van der Waals surface area contributed by atoms with E-state index in [1.54, 1.807) is 0 Å². The monoisotopic (exact) mass is 260 g/mol. The Labute approximate surface area is 114 Å². The zero-order chi connectivity index (χ0) is 13.8. The number of piperidine rings is 1. The highest BCUT2D eigenvalue weighted by Gasteiger charge is 2.22. The average molecular weight is 260 g/mol. The Morgan fingerprint density at radius 1 is 1.53 bits per heavy atom. The summed E-state index contributed by atoms with van der Waals surface area (Å²) in [6, 6.07) is 2.29. The molecule has 1 N–H and O–H groups in total. The summed E-state index contributed by atoms with van der Waals surface area (Å²) in [5.41, 5.74) is 0. The fourth-order valence-electron chi connectivity index (χ4n) is 2.50. The molecule has 0 aromatic carbocycles. The van der Waals surface area contributed by atoms with Gasteiger partial charge in [-0.3, -0.25) is 5.32 Å². The van der Waals surface area contributed by atoms with E-state index in [1.165, 1.54) is 12.8 Å². The first kappa shape index (κ1) is 13.6. The smallest absolute Gasteiger partial charge is 0.182 e. The second-order valence-electron chi connectivity index (χ2n) is 5.06. The van der Waals surface area contributed by atoms with Crippen molar-refractivity contribution < 1.29 is 0 Å². The maximum atomic E-state index is 8.68. The van der Waals surface area contributed by atoms with Crippen LogP contribution in [0.1, 0.15) is 18.7 Å². The number of rotatable bonds is 3. The van der Waals surface area contributed by atoms with Crippen LogP contribution in [0.4, 0.5) is 11.6 Å². The number of nitrogens with one attached hydrogen (secondary N) is 1. The van der Waals surface area contributed by atoms with Crippen LogP contribution in [-0.2, 0) is 0 Å². The fourth-order valence-corrected chi connectivity index (χ4v) is 2.50. The minimum atomic E-state index is 0.461. The maximum Gasteiger partial charge on any atom is 0.182 e. The summed E-state index contributed by atoms with van der Waals surface area (Å²) in [5, 5.41) is 11.3. The summed E-state index contributed by atoms with van der Waals surface area (Å²) in [6.07, 6.45) is 4.28. The predicted octanol–water partition coefficient (Wildman–Crippen LogP) is 1.21. The molecule has 2 heterocycles. The molecule has 1 aromatic rings. The molecule has 2 rings (SSSR count). The lowest BCUT2D eigenvalue weighted by atomic mass is 10.1. The van der Waals surface area contributed by atoms with Crippen LogP contribution < -0.4 is 10.2 Å². The Kier molecular flexibility index (Phi) is 4.17. The summed E-state index contributed by atoms with van der Waals surface area (Å²) in [4.78, 5) is 13.2. The van der Waals surface area contributed by atoms with Crippen molar-refractivity contribution in [3.05, 3.63) is 11.9 Å². The van der Waals surface area contributed by atoms with Gasteiger partial charge in [0.2, 0.25) is 0 Å². The molecule has 1 aliphatic heterocycles. The molecule has 1 atom stereocenters. The molecule has 0 aliphatic carbocycles. The molecule has 0 bridgehead atoms. The van der Waals surface area contributed by atoms with Crippen molar-refractivity contribution >= 4 is 11.6 Å². The lowest BCUT2D eigenvalue weighted by Crippen LogP contribution is -2.45. The molecule has 102 valence electrons. The molecule has 0 saturated carbocycles. The van der Waals surface area contributed by atoms with Gasteiger partial charge >= 0.3 is 0 Å². The Morgan fingerprint density at radius 2 is 2.32 bits per heavy atom. The standard InChI is InChI=1S/C13H20N6/c1-10-16-12(15-9-14)7-13(17-10)19(3)11-5-4-6-18(2)8-11/h7,11H,4-6,8H2,1-3H3,(H,15,16,17). The number of nitrogens with zero attached hydrogens (tertiary/aromatic N) is 5. The maximum absolute atomic E-state index is 8.68. The summed E-state index contributed by atoms with van der Waals surface area (Å²) < 4.78 is 0. The third-order valence-electron chi connectivity index (χ3n) is 3.52. The normalized spacial score (nSPS) is 19.8. The first-order chi connectivity index (χ1) is 9.10. The molecule has 1 saturated heterocycles. The SMILES string of the molecule is Cc1nc(NC#N)cc(N(C)C2CCCN(C)C2)n1. The first-order valence-electron chi connectivity index (χ1n) is 6.52. The van der Waals surface area contributed by atoms with Crippen molar-refractivity contribution in [1.82, 2.24) is 14.9 Å². The number of aromatic nitrogens is 2. The molecule has 0 amide bonds. The predicted molar refractivity (Wildman–Crippen MR) is 74.9 cm³/mol. The van der Waals surface area contributed by atoms with E-state index in [0.717, 1.165) is 18.9 Å². The van der Waals surface area contributed by atoms with Gasteiger partial charge < -0.3 is 9.80 Å². The van der Waals surface area contributed by atoms with Crippen molar-refractivity contribution in [2.45, 2.75) is 25.8 Å². The van der Waals surface area contributed by atoms with Gasteiger partial charge in [-0.05, 0) is 33.4 Å². The summed E-state index contributed by atoms with van der Waals surface area (Å²) in [5.74, 6) is 2.10. The molecule has 0 spiro atoms. The van der Waals surface area contributed by atoms with Crippen molar-refractivity contribution in [3.8, 4) is 6.19 Å². The van der Waals surface area contributed by atoms with Crippen LogP contribution in [0.15, 0.2) is 6.07 Å². The van der Waals surface area contributed by atoms with Gasteiger partial charge in [-0.1, -0.05) is 0 Å². The number of likely N-dealkylation sites (N-methyl/N-ethyl adjacent to an activating group) is 2. The molecular weight excluding hydrogens is 240 g/mol. The van der Waals surface area contributed by atoms with Gasteiger partial charge in [0.15, 0.2) is 6.19 Å². The van der Waals surface area contributed by atoms with E-state index in [4.69, 9.17) is 5.26 Å². The Bertz CT molecular complexity index is 481. The van der Waals surface area contributed by atoms with E-state index >= 15 is 0 Å². The van der Waals surface area contributed by atoms with Gasteiger partial charge in [0.05, 0.1) is 0 Å². The highest BCUT2D eigenvalue weighted by atomic mass is 15.2. The van der Waals surface area contributed by atoms with E-state index in [1.807, 2.05) is 19.2 Å². The minimum absolute atomic E-state index is 0.461. The van der Waals surface area contributed by atoms with Gasteiger partial charge in [0, 0.05) is 25.7 Å². The number of anilines is 2. The third kappa shape index (κ3) is 3.32. The largest absolute Gasteiger partial charge is 0.355 e. The number of hydrogen-bond donors (Lipinski definition) is 1. The zero-order valence-electron chi connectivity index (χ0n) is 11.7. The second kappa shape index (κ2) is 5.85. The molecule has 19 heavy (non-hydrogen) atoms. The molecular formula is C13H20N6. The summed E-state index contributed by atoms with van der Waals surface area (Å²) >= 11 is 0. The highest BCUT2D eigenvalue weighted by molar-refractivity contribution is 5.51. The van der Waals surface area contributed by atoms with Crippen LogP contribution >= 0.6 is 0 Å². The van der Waals surface area contributed by atoms with Crippen LogP contribution in [0.25, 0.3) is 0 Å². The summed E-state index contributed by atoms with van der Waals surface area (Å²) in [6.45, 7) is 4.04. The van der Waals surface area contributed by atoms with Crippen LogP contribution in [0, 0.1) is 18.4 Å². The fraction of sp³-hybridized carbons (Fsp3) is 0.615. The highest BCUT2D eigenvalue weighted by Crippen LogP contribution is 2.21. The third-order valence-corrected chi connectivity index (χ3v) is 3.52. The minimum Gasteiger partial charge on any atom is -0.355 e. The van der Waals surface area contributed by atoms with Crippen molar-refractivity contribution in [3.63, 3.8) is 0 Å². The Balaban J connectivity index is 2.18. The molecule has 1 aliphatic rings.